The number of nitrogens with one attached hydrogen (secondary N) is 1. The second-order valence-corrected chi connectivity index (χ2v) is 6.14. The molecule has 3 nitrogen and oxygen atoms in total. The van der Waals surface area contributed by atoms with Gasteiger partial charge in [0.15, 0.2) is 0 Å². The fourth-order valence-corrected chi connectivity index (χ4v) is 2.91. The lowest BCUT2D eigenvalue weighted by molar-refractivity contribution is 0.104. The summed E-state index contributed by atoms with van der Waals surface area (Å²) in [7, 11) is 0. The van der Waals surface area contributed by atoms with Crippen LogP contribution in [0.2, 0.25) is 5.02 Å². The van der Waals surface area contributed by atoms with Gasteiger partial charge in [0, 0.05) is 17.6 Å². The van der Waals surface area contributed by atoms with Crippen molar-refractivity contribution in [2.24, 2.45) is 0 Å². The normalized spacial score (nSPS) is 15.5. The van der Waals surface area contributed by atoms with E-state index in [9.17, 15) is 5.11 Å². The minimum Gasteiger partial charge on any atom is -0.491 e. The van der Waals surface area contributed by atoms with E-state index >= 15 is 0 Å². The first-order chi connectivity index (χ1) is 10.7. The molecule has 1 aliphatic rings. The zero-order valence-electron chi connectivity index (χ0n) is 12.3. The molecule has 0 bridgehead atoms. The Morgan fingerprint density at radius 1 is 1.09 bits per heavy atom. The molecule has 116 valence electrons. The molecule has 2 aromatic carbocycles. The molecule has 0 spiro atoms. The van der Waals surface area contributed by atoms with Gasteiger partial charge in [-0.1, -0.05) is 35.9 Å². The molecule has 1 aliphatic carbocycles. The minimum atomic E-state index is -0.528. The van der Waals surface area contributed by atoms with Crippen LogP contribution in [0, 0.1) is 0 Å². The van der Waals surface area contributed by atoms with Gasteiger partial charge in [-0.2, -0.15) is 0 Å². The van der Waals surface area contributed by atoms with E-state index in [0.717, 1.165) is 18.6 Å². The Morgan fingerprint density at radius 2 is 1.73 bits per heavy atom. The molecule has 2 N–H and O–H groups in total. The summed E-state index contributed by atoms with van der Waals surface area (Å²) in [5.41, 5.74) is 2.82. The predicted octanol–water partition coefficient (Wildman–Crippen LogP) is 2.84. The summed E-state index contributed by atoms with van der Waals surface area (Å²) < 4.78 is 5.55. The number of halogens is 1. The van der Waals surface area contributed by atoms with E-state index in [1.165, 1.54) is 11.1 Å². The van der Waals surface area contributed by atoms with Crippen LogP contribution in [0.1, 0.15) is 11.1 Å². The summed E-state index contributed by atoms with van der Waals surface area (Å²) in [5, 5.41) is 14.1. The van der Waals surface area contributed by atoms with E-state index in [-0.39, 0.29) is 6.61 Å². The van der Waals surface area contributed by atoms with Crippen molar-refractivity contribution >= 4 is 11.6 Å². The lowest BCUT2D eigenvalue weighted by Crippen LogP contribution is -2.38. The van der Waals surface area contributed by atoms with Crippen molar-refractivity contribution in [3.63, 3.8) is 0 Å². The number of aliphatic hydroxyl groups is 1. The molecule has 4 heteroatoms. The Hall–Kier alpha value is -1.55. The van der Waals surface area contributed by atoms with Crippen LogP contribution in [-0.2, 0) is 12.8 Å². The van der Waals surface area contributed by atoms with Crippen molar-refractivity contribution < 1.29 is 9.84 Å². The average Bonchev–Trinajstić information content (AvgIpc) is 2.95. The molecular formula is C18H20ClNO2. The summed E-state index contributed by atoms with van der Waals surface area (Å²) in [6.45, 7) is 0.806. The summed E-state index contributed by atoms with van der Waals surface area (Å²) in [5.74, 6) is 0.719. The first-order valence-electron chi connectivity index (χ1n) is 7.57. The maximum absolute atomic E-state index is 10.0. The van der Waals surface area contributed by atoms with Gasteiger partial charge in [0.1, 0.15) is 18.5 Å². The van der Waals surface area contributed by atoms with Crippen LogP contribution in [0.3, 0.4) is 0 Å². The van der Waals surface area contributed by atoms with E-state index in [0.29, 0.717) is 17.6 Å². The van der Waals surface area contributed by atoms with Crippen molar-refractivity contribution in [1.29, 1.82) is 0 Å². The van der Waals surface area contributed by atoms with Gasteiger partial charge in [-0.15, -0.1) is 0 Å². The fourth-order valence-electron chi connectivity index (χ4n) is 2.79. The van der Waals surface area contributed by atoms with Gasteiger partial charge in [-0.25, -0.2) is 0 Å². The quantitative estimate of drug-likeness (QED) is 0.861. The molecular weight excluding hydrogens is 298 g/mol. The van der Waals surface area contributed by atoms with Crippen LogP contribution in [0.15, 0.2) is 48.5 Å². The van der Waals surface area contributed by atoms with Crippen LogP contribution in [0.4, 0.5) is 0 Å². The topological polar surface area (TPSA) is 41.5 Å². The lowest BCUT2D eigenvalue weighted by Gasteiger charge is -2.16. The van der Waals surface area contributed by atoms with Gasteiger partial charge in [-0.3, -0.25) is 0 Å². The highest BCUT2D eigenvalue weighted by atomic mass is 35.5. The third-order valence-electron chi connectivity index (χ3n) is 3.95. The van der Waals surface area contributed by atoms with Gasteiger partial charge in [-0.05, 0) is 48.2 Å². The lowest BCUT2D eigenvalue weighted by atomic mass is 10.1. The molecule has 0 unspecified atom stereocenters. The molecule has 22 heavy (non-hydrogen) atoms. The summed E-state index contributed by atoms with van der Waals surface area (Å²) in [6.07, 6.45) is 1.53. The number of hydrogen-bond donors (Lipinski definition) is 2. The molecule has 0 saturated carbocycles. The zero-order valence-corrected chi connectivity index (χ0v) is 13.1. The van der Waals surface area contributed by atoms with Crippen LogP contribution in [0.5, 0.6) is 5.75 Å². The molecule has 0 aromatic heterocycles. The second-order valence-electron chi connectivity index (χ2n) is 5.70. The van der Waals surface area contributed by atoms with E-state index < -0.39 is 6.10 Å². The Bertz CT molecular complexity index is 590. The fraction of sp³-hybridized carbons (Fsp3) is 0.333. The van der Waals surface area contributed by atoms with Crippen molar-refractivity contribution in [1.82, 2.24) is 5.32 Å². The van der Waals surface area contributed by atoms with Crippen molar-refractivity contribution in [2.75, 3.05) is 13.2 Å². The monoisotopic (exact) mass is 317 g/mol. The van der Waals surface area contributed by atoms with Crippen molar-refractivity contribution in [2.45, 2.75) is 25.0 Å². The second kappa shape index (κ2) is 7.14. The molecule has 3 rings (SSSR count). The Balaban J connectivity index is 1.40. The Labute approximate surface area is 135 Å². The van der Waals surface area contributed by atoms with E-state index in [1.54, 1.807) is 24.3 Å². The van der Waals surface area contributed by atoms with Crippen LogP contribution in [-0.4, -0.2) is 30.4 Å². The standard InChI is InChI=1S/C18H20ClNO2/c19-15-5-7-18(8-6-15)22-12-17(21)11-20-16-9-13-3-1-2-4-14(13)10-16/h1-8,16-17,20-21H,9-12H2/t17-/m0/s1. The number of aliphatic hydroxyl groups excluding tert-OH is 1. The van der Waals surface area contributed by atoms with Crippen LogP contribution < -0.4 is 10.1 Å². The van der Waals surface area contributed by atoms with Gasteiger partial charge >= 0.3 is 0 Å². The third kappa shape index (κ3) is 4.01. The van der Waals surface area contributed by atoms with Gasteiger partial charge in [0.05, 0.1) is 0 Å². The first-order valence-corrected chi connectivity index (χ1v) is 7.95. The van der Waals surface area contributed by atoms with Crippen molar-refractivity contribution in [3.05, 3.63) is 64.7 Å². The zero-order chi connectivity index (χ0) is 15.4. The first kappa shape index (κ1) is 15.3. The molecule has 0 amide bonds. The molecule has 0 saturated heterocycles. The summed E-state index contributed by atoms with van der Waals surface area (Å²) in [4.78, 5) is 0. The molecule has 0 heterocycles. The molecule has 0 aliphatic heterocycles. The van der Waals surface area contributed by atoms with E-state index in [1.807, 2.05) is 0 Å². The molecule has 2 aromatic rings. The third-order valence-corrected chi connectivity index (χ3v) is 4.20. The minimum absolute atomic E-state index is 0.272. The highest BCUT2D eigenvalue weighted by Gasteiger charge is 2.21. The highest BCUT2D eigenvalue weighted by molar-refractivity contribution is 6.30. The summed E-state index contributed by atoms with van der Waals surface area (Å²) >= 11 is 5.82. The molecule has 0 radical (unpaired) electrons. The van der Waals surface area contributed by atoms with Crippen LogP contribution >= 0.6 is 11.6 Å². The number of fused-ring (bicyclic) bond motifs is 1. The van der Waals surface area contributed by atoms with Gasteiger partial charge < -0.3 is 15.2 Å². The predicted molar refractivity (Wildman–Crippen MR) is 88.6 cm³/mol. The van der Waals surface area contributed by atoms with Crippen molar-refractivity contribution in [3.8, 4) is 5.75 Å². The Kier molecular flexibility index (Phi) is 4.98. The molecule has 0 fully saturated rings. The number of benzene rings is 2. The number of hydrogen-bond acceptors (Lipinski definition) is 3. The summed E-state index contributed by atoms with van der Waals surface area (Å²) in [6, 6.07) is 16.1. The largest absolute Gasteiger partial charge is 0.491 e. The molecule has 1 atom stereocenters. The number of ether oxygens (including phenoxy) is 1. The highest BCUT2D eigenvalue weighted by Crippen LogP contribution is 2.21. The Morgan fingerprint density at radius 3 is 2.36 bits per heavy atom. The van der Waals surface area contributed by atoms with E-state index in [4.69, 9.17) is 16.3 Å². The maximum Gasteiger partial charge on any atom is 0.119 e. The smallest absolute Gasteiger partial charge is 0.119 e. The van der Waals surface area contributed by atoms with Crippen LogP contribution in [0.25, 0.3) is 0 Å². The van der Waals surface area contributed by atoms with E-state index in [2.05, 4.69) is 29.6 Å². The number of rotatable bonds is 6. The SMILES string of the molecule is O[C@@H](CNC1Cc2ccccc2C1)COc1ccc(Cl)cc1. The maximum atomic E-state index is 10.0. The van der Waals surface area contributed by atoms with Gasteiger partial charge in [0.2, 0.25) is 0 Å². The van der Waals surface area contributed by atoms with Gasteiger partial charge in [0.25, 0.3) is 0 Å². The average molecular weight is 318 g/mol.